The van der Waals surface area contributed by atoms with Crippen molar-refractivity contribution >= 4 is 21.0 Å². The maximum atomic E-state index is 11.1. The fourth-order valence-corrected chi connectivity index (χ4v) is 2.00. The highest BCUT2D eigenvalue weighted by Gasteiger charge is 2.12. The molecule has 2 rings (SSSR count). The second-order valence-electron chi connectivity index (χ2n) is 3.79. The molecule has 0 saturated heterocycles. The summed E-state index contributed by atoms with van der Waals surface area (Å²) in [5.74, 6) is 0.511. The van der Waals surface area contributed by atoms with Crippen molar-refractivity contribution in [2.24, 2.45) is 0 Å². The molecule has 2 aromatic rings. The Morgan fingerprint density at radius 3 is 2.67 bits per heavy atom. The molecule has 0 aliphatic carbocycles. The molecule has 6 heteroatoms. The van der Waals surface area contributed by atoms with Crippen LogP contribution in [0.5, 0.6) is 5.75 Å². The molecule has 1 aromatic heterocycles. The maximum Gasteiger partial charge on any atom is 0.264 e. The molecule has 0 unspecified atom stereocenters. The van der Waals surface area contributed by atoms with Gasteiger partial charge in [-0.15, -0.1) is 0 Å². The SMILES string of the molecule is COc1cnc2ccccc2c1COS(C)(=O)=O. The molecule has 0 aliphatic heterocycles. The average Bonchev–Trinajstić information content (AvgIpc) is 2.34. The number of fused-ring (bicyclic) bond motifs is 1. The van der Waals surface area contributed by atoms with E-state index < -0.39 is 10.1 Å². The van der Waals surface area contributed by atoms with Gasteiger partial charge in [-0.25, -0.2) is 0 Å². The van der Waals surface area contributed by atoms with Crippen LogP contribution >= 0.6 is 0 Å². The maximum absolute atomic E-state index is 11.1. The first-order chi connectivity index (χ1) is 8.51. The van der Waals surface area contributed by atoms with E-state index in [2.05, 4.69) is 4.98 Å². The van der Waals surface area contributed by atoms with Gasteiger partial charge >= 0.3 is 0 Å². The second kappa shape index (κ2) is 4.91. The van der Waals surface area contributed by atoms with E-state index in [0.717, 1.165) is 17.2 Å². The van der Waals surface area contributed by atoms with E-state index in [4.69, 9.17) is 8.92 Å². The molecule has 0 fully saturated rings. The van der Waals surface area contributed by atoms with Crippen molar-refractivity contribution in [3.05, 3.63) is 36.0 Å². The highest BCUT2D eigenvalue weighted by Crippen LogP contribution is 2.26. The summed E-state index contributed by atoms with van der Waals surface area (Å²) in [6.45, 7) is -0.0644. The fraction of sp³-hybridized carbons (Fsp3) is 0.250. The molecule has 0 atom stereocenters. The van der Waals surface area contributed by atoms with Crippen molar-refractivity contribution in [3.8, 4) is 5.75 Å². The zero-order chi connectivity index (χ0) is 13.2. The number of hydrogen-bond acceptors (Lipinski definition) is 5. The lowest BCUT2D eigenvalue weighted by Crippen LogP contribution is -2.05. The molecule has 0 saturated carbocycles. The van der Waals surface area contributed by atoms with E-state index in [9.17, 15) is 8.42 Å². The number of pyridine rings is 1. The second-order valence-corrected chi connectivity index (χ2v) is 5.43. The van der Waals surface area contributed by atoms with Gasteiger partial charge in [0.1, 0.15) is 5.75 Å². The van der Waals surface area contributed by atoms with E-state index >= 15 is 0 Å². The zero-order valence-electron chi connectivity index (χ0n) is 10.1. The van der Waals surface area contributed by atoms with Crippen LogP contribution in [0.2, 0.25) is 0 Å². The van der Waals surface area contributed by atoms with Crippen LogP contribution in [0, 0.1) is 0 Å². The summed E-state index contributed by atoms with van der Waals surface area (Å²) in [5, 5.41) is 0.820. The molecule has 96 valence electrons. The number of para-hydroxylation sites is 1. The van der Waals surface area contributed by atoms with Crippen molar-refractivity contribution in [2.75, 3.05) is 13.4 Å². The summed E-state index contributed by atoms with van der Waals surface area (Å²) in [6.07, 6.45) is 2.58. The smallest absolute Gasteiger partial charge is 0.264 e. The first-order valence-electron chi connectivity index (χ1n) is 5.26. The minimum atomic E-state index is -3.49. The van der Waals surface area contributed by atoms with Gasteiger partial charge in [0, 0.05) is 10.9 Å². The minimum absolute atomic E-state index is 0.0644. The Balaban J connectivity index is 2.51. The monoisotopic (exact) mass is 267 g/mol. The summed E-state index contributed by atoms with van der Waals surface area (Å²) in [5.41, 5.74) is 1.44. The lowest BCUT2D eigenvalue weighted by atomic mass is 10.1. The summed E-state index contributed by atoms with van der Waals surface area (Å²) in [6, 6.07) is 7.42. The molecule has 0 spiro atoms. The fourth-order valence-electron chi connectivity index (χ4n) is 1.67. The van der Waals surface area contributed by atoms with Crippen LogP contribution in [0.3, 0.4) is 0 Å². The normalized spacial score (nSPS) is 11.7. The average molecular weight is 267 g/mol. The molecule has 0 aliphatic rings. The Hall–Kier alpha value is -1.66. The summed E-state index contributed by atoms with van der Waals surface area (Å²) < 4.78 is 32.1. The van der Waals surface area contributed by atoms with Gasteiger partial charge in [-0.3, -0.25) is 9.17 Å². The van der Waals surface area contributed by atoms with Crippen molar-refractivity contribution in [1.82, 2.24) is 4.98 Å². The molecule has 5 nitrogen and oxygen atoms in total. The van der Waals surface area contributed by atoms with E-state index in [1.807, 2.05) is 24.3 Å². The topological polar surface area (TPSA) is 65.5 Å². The Labute approximate surface area is 105 Å². The molecule has 1 heterocycles. The highest BCUT2D eigenvalue weighted by molar-refractivity contribution is 7.85. The minimum Gasteiger partial charge on any atom is -0.495 e. The van der Waals surface area contributed by atoms with Gasteiger partial charge in [0.05, 0.1) is 31.7 Å². The number of aromatic nitrogens is 1. The van der Waals surface area contributed by atoms with Crippen molar-refractivity contribution in [1.29, 1.82) is 0 Å². The Kier molecular flexibility index (Phi) is 3.49. The highest BCUT2D eigenvalue weighted by atomic mass is 32.2. The third kappa shape index (κ3) is 2.77. The number of benzene rings is 1. The van der Waals surface area contributed by atoms with Crippen LogP contribution in [-0.4, -0.2) is 26.8 Å². The number of nitrogens with zero attached hydrogens (tertiary/aromatic N) is 1. The molecule has 0 N–H and O–H groups in total. The number of rotatable bonds is 4. The van der Waals surface area contributed by atoms with Gasteiger partial charge in [-0.2, -0.15) is 8.42 Å². The van der Waals surface area contributed by atoms with Gasteiger partial charge in [0.25, 0.3) is 10.1 Å². The third-order valence-corrected chi connectivity index (χ3v) is 3.03. The third-order valence-electron chi connectivity index (χ3n) is 2.48. The van der Waals surface area contributed by atoms with Gasteiger partial charge in [0.15, 0.2) is 0 Å². The van der Waals surface area contributed by atoms with Gasteiger partial charge in [0.2, 0.25) is 0 Å². The quantitative estimate of drug-likeness (QED) is 0.789. The lowest BCUT2D eigenvalue weighted by Gasteiger charge is -2.10. The van der Waals surface area contributed by atoms with E-state index in [0.29, 0.717) is 11.3 Å². The van der Waals surface area contributed by atoms with Crippen LogP contribution < -0.4 is 4.74 Å². The molecule has 0 bridgehead atoms. The predicted octanol–water partition coefficient (Wildman–Crippen LogP) is 1.72. The first kappa shape index (κ1) is 12.8. The Bertz CT molecular complexity index is 667. The molecule has 1 aromatic carbocycles. The first-order valence-corrected chi connectivity index (χ1v) is 7.08. The molecular weight excluding hydrogens is 254 g/mol. The molecule has 0 radical (unpaired) electrons. The number of ether oxygens (including phenoxy) is 1. The molecule has 18 heavy (non-hydrogen) atoms. The van der Waals surface area contributed by atoms with Crippen molar-refractivity contribution < 1.29 is 17.3 Å². The molecular formula is C12H13NO4S. The van der Waals surface area contributed by atoms with E-state index in [-0.39, 0.29) is 6.61 Å². The predicted molar refractivity (Wildman–Crippen MR) is 67.9 cm³/mol. The standard InChI is InChI=1S/C12H13NO4S/c1-16-12-7-13-11-6-4-3-5-9(11)10(12)8-17-18(2,14)15/h3-7H,8H2,1-2H3. The van der Waals surface area contributed by atoms with Crippen LogP contribution in [0.1, 0.15) is 5.56 Å². The van der Waals surface area contributed by atoms with E-state index in [1.54, 1.807) is 6.20 Å². The Morgan fingerprint density at radius 1 is 1.28 bits per heavy atom. The summed E-state index contributed by atoms with van der Waals surface area (Å²) in [7, 11) is -1.98. The van der Waals surface area contributed by atoms with Crippen LogP contribution in [0.4, 0.5) is 0 Å². The number of hydrogen-bond donors (Lipinski definition) is 0. The lowest BCUT2D eigenvalue weighted by molar-refractivity contribution is 0.304. The van der Waals surface area contributed by atoms with Crippen LogP contribution in [0.25, 0.3) is 10.9 Å². The van der Waals surface area contributed by atoms with Crippen LogP contribution in [0.15, 0.2) is 30.5 Å². The van der Waals surface area contributed by atoms with E-state index in [1.165, 1.54) is 7.11 Å². The van der Waals surface area contributed by atoms with Crippen molar-refractivity contribution in [2.45, 2.75) is 6.61 Å². The largest absolute Gasteiger partial charge is 0.495 e. The summed E-state index contributed by atoms with van der Waals surface area (Å²) in [4.78, 5) is 4.23. The van der Waals surface area contributed by atoms with Gasteiger partial charge in [-0.1, -0.05) is 18.2 Å². The molecule has 0 amide bonds. The zero-order valence-corrected chi connectivity index (χ0v) is 10.9. The van der Waals surface area contributed by atoms with Crippen molar-refractivity contribution in [3.63, 3.8) is 0 Å². The van der Waals surface area contributed by atoms with Gasteiger partial charge < -0.3 is 4.74 Å². The van der Waals surface area contributed by atoms with Gasteiger partial charge in [-0.05, 0) is 6.07 Å². The Morgan fingerprint density at radius 2 is 2.00 bits per heavy atom. The van der Waals surface area contributed by atoms with Crippen LogP contribution in [-0.2, 0) is 20.9 Å². The summed E-state index contributed by atoms with van der Waals surface area (Å²) >= 11 is 0. The number of methoxy groups -OCH3 is 1.